The number of carbonyl (C=O) groups is 1. The summed E-state index contributed by atoms with van der Waals surface area (Å²) in [5.41, 5.74) is 2.31. The second-order valence-electron chi connectivity index (χ2n) is 4.51. The Morgan fingerprint density at radius 3 is 2.50 bits per heavy atom. The zero-order valence-corrected chi connectivity index (χ0v) is 11.3. The molecule has 0 fully saturated rings. The molecule has 0 aromatic heterocycles. The number of aryl methyl sites for hydroxylation is 1. The van der Waals surface area contributed by atoms with Gasteiger partial charge in [-0.3, -0.25) is 4.79 Å². The van der Waals surface area contributed by atoms with Crippen LogP contribution in [0.1, 0.15) is 21.5 Å². The Balaban J connectivity index is 2.04. The predicted molar refractivity (Wildman–Crippen MR) is 81.8 cm³/mol. The zero-order valence-electron chi connectivity index (χ0n) is 11.3. The monoisotopic (exact) mass is 264 g/mol. The van der Waals surface area contributed by atoms with Crippen LogP contribution in [0.5, 0.6) is 5.75 Å². The smallest absolute Gasteiger partial charge is 0.189 e. The maximum absolute atomic E-state index is 11.9. The fraction of sp³-hybridized carbons (Fsp3) is 0.0556. The summed E-state index contributed by atoms with van der Waals surface area (Å²) in [7, 11) is 0. The van der Waals surface area contributed by atoms with Gasteiger partial charge in [0.15, 0.2) is 5.78 Å². The summed E-state index contributed by atoms with van der Waals surface area (Å²) >= 11 is 0. The van der Waals surface area contributed by atoms with Gasteiger partial charge in [-0.25, -0.2) is 0 Å². The quantitative estimate of drug-likeness (QED) is 0.511. The van der Waals surface area contributed by atoms with Crippen molar-refractivity contribution in [2.75, 3.05) is 0 Å². The maximum atomic E-state index is 11.9. The van der Waals surface area contributed by atoms with Gasteiger partial charge in [0.2, 0.25) is 0 Å². The number of phenolic OH excluding ortho intramolecular Hbond substituents is 1. The van der Waals surface area contributed by atoms with Gasteiger partial charge in [0.25, 0.3) is 0 Å². The molecule has 0 heterocycles. The van der Waals surface area contributed by atoms with Crippen LogP contribution in [0.4, 0.5) is 0 Å². The van der Waals surface area contributed by atoms with Crippen LogP contribution in [0.2, 0.25) is 0 Å². The molecule has 2 nitrogen and oxygen atoms in total. The molecule has 0 saturated carbocycles. The number of ketones is 1. The van der Waals surface area contributed by atoms with Crippen LogP contribution in [0, 0.1) is 6.92 Å². The number of phenols is 1. The standard InChI is InChI=1S/C18H16O2/c1-14-11-12-16(18(20)13-14)17(19)10-6-5-9-15-7-3-2-4-8-15/h2-13,20H,1H3/b9-5+,10-6+. The third-order valence-electron chi connectivity index (χ3n) is 2.87. The Labute approximate surface area is 118 Å². The molecule has 0 spiro atoms. The molecular weight excluding hydrogens is 248 g/mol. The van der Waals surface area contributed by atoms with Gasteiger partial charge in [-0.1, -0.05) is 54.6 Å². The van der Waals surface area contributed by atoms with Crippen LogP contribution >= 0.6 is 0 Å². The number of hydrogen-bond acceptors (Lipinski definition) is 2. The topological polar surface area (TPSA) is 37.3 Å². The van der Waals surface area contributed by atoms with Crippen LogP contribution in [0.25, 0.3) is 6.08 Å². The Bertz CT molecular complexity index is 652. The fourth-order valence-electron chi connectivity index (χ4n) is 1.81. The third-order valence-corrected chi connectivity index (χ3v) is 2.87. The van der Waals surface area contributed by atoms with E-state index in [2.05, 4.69) is 0 Å². The third kappa shape index (κ3) is 3.69. The van der Waals surface area contributed by atoms with E-state index in [1.807, 2.05) is 43.3 Å². The van der Waals surface area contributed by atoms with Crippen LogP contribution in [-0.4, -0.2) is 10.9 Å². The lowest BCUT2D eigenvalue weighted by Gasteiger charge is -2.01. The van der Waals surface area contributed by atoms with E-state index in [4.69, 9.17) is 0 Å². The highest BCUT2D eigenvalue weighted by atomic mass is 16.3. The van der Waals surface area contributed by atoms with E-state index in [0.717, 1.165) is 11.1 Å². The first-order chi connectivity index (χ1) is 9.66. The molecule has 0 aliphatic heterocycles. The van der Waals surface area contributed by atoms with Crippen molar-refractivity contribution < 1.29 is 9.90 Å². The van der Waals surface area contributed by atoms with Gasteiger partial charge in [0.05, 0.1) is 5.56 Å². The number of benzene rings is 2. The van der Waals surface area contributed by atoms with Crippen molar-refractivity contribution in [3.05, 3.63) is 83.4 Å². The lowest BCUT2D eigenvalue weighted by Crippen LogP contribution is -1.94. The molecule has 2 aromatic rings. The van der Waals surface area contributed by atoms with E-state index < -0.39 is 0 Å². The van der Waals surface area contributed by atoms with Crippen LogP contribution in [0.3, 0.4) is 0 Å². The minimum absolute atomic E-state index is 0.0201. The first-order valence-electron chi connectivity index (χ1n) is 6.40. The Morgan fingerprint density at radius 1 is 1.05 bits per heavy atom. The molecule has 1 N–H and O–H groups in total. The molecule has 2 rings (SSSR count). The van der Waals surface area contributed by atoms with Gasteiger partial charge in [-0.05, 0) is 36.3 Å². The molecule has 0 atom stereocenters. The van der Waals surface area contributed by atoms with E-state index in [0.29, 0.717) is 5.56 Å². The van der Waals surface area contributed by atoms with Crippen LogP contribution < -0.4 is 0 Å². The second-order valence-corrected chi connectivity index (χ2v) is 4.51. The van der Waals surface area contributed by atoms with Crippen molar-refractivity contribution in [3.8, 4) is 5.75 Å². The first-order valence-corrected chi connectivity index (χ1v) is 6.40. The van der Waals surface area contributed by atoms with Crippen molar-refractivity contribution in [1.82, 2.24) is 0 Å². The SMILES string of the molecule is Cc1ccc(C(=O)/C=C/C=C/c2ccccc2)c(O)c1. The Hall–Kier alpha value is -2.61. The second kappa shape index (κ2) is 6.53. The molecule has 2 heteroatoms. The number of allylic oxidation sites excluding steroid dienone is 3. The van der Waals surface area contributed by atoms with Gasteiger partial charge in [-0.2, -0.15) is 0 Å². The molecule has 0 amide bonds. The highest BCUT2D eigenvalue weighted by Gasteiger charge is 2.07. The molecule has 0 aliphatic carbocycles. The summed E-state index contributed by atoms with van der Waals surface area (Å²) in [5, 5.41) is 9.72. The Kier molecular flexibility index (Phi) is 4.51. The molecule has 0 saturated heterocycles. The zero-order chi connectivity index (χ0) is 14.4. The summed E-state index contributed by atoms with van der Waals surface area (Å²) in [6.45, 7) is 1.87. The van der Waals surface area contributed by atoms with Gasteiger partial charge < -0.3 is 5.11 Å². The molecule has 0 unspecified atom stereocenters. The van der Waals surface area contributed by atoms with Crippen molar-refractivity contribution in [2.24, 2.45) is 0 Å². The molecule has 0 bridgehead atoms. The van der Waals surface area contributed by atoms with E-state index in [1.54, 1.807) is 30.4 Å². The molecular formula is C18H16O2. The van der Waals surface area contributed by atoms with Gasteiger partial charge in [0, 0.05) is 0 Å². The molecule has 2 aromatic carbocycles. The van der Waals surface area contributed by atoms with Crippen molar-refractivity contribution in [1.29, 1.82) is 0 Å². The minimum Gasteiger partial charge on any atom is -0.507 e. The molecule has 0 aliphatic rings. The predicted octanol–water partition coefficient (Wildman–Crippen LogP) is 4.15. The van der Waals surface area contributed by atoms with E-state index in [1.165, 1.54) is 6.08 Å². The van der Waals surface area contributed by atoms with Crippen molar-refractivity contribution in [3.63, 3.8) is 0 Å². The average molecular weight is 264 g/mol. The van der Waals surface area contributed by atoms with Crippen LogP contribution in [-0.2, 0) is 0 Å². The molecule has 100 valence electrons. The average Bonchev–Trinajstić information content (AvgIpc) is 2.44. The maximum Gasteiger partial charge on any atom is 0.189 e. The largest absolute Gasteiger partial charge is 0.507 e. The number of rotatable bonds is 4. The van der Waals surface area contributed by atoms with Gasteiger partial charge in [0.1, 0.15) is 5.75 Å². The lowest BCUT2D eigenvalue weighted by molar-refractivity contribution is 0.104. The first kappa shape index (κ1) is 13.8. The molecule has 20 heavy (non-hydrogen) atoms. The summed E-state index contributed by atoms with van der Waals surface area (Å²) in [6, 6.07) is 14.9. The highest BCUT2D eigenvalue weighted by Crippen LogP contribution is 2.19. The normalized spacial score (nSPS) is 11.2. The van der Waals surface area contributed by atoms with E-state index in [9.17, 15) is 9.90 Å². The van der Waals surface area contributed by atoms with Crippen LogP contribution in [0.15, 0.2) is 66.8 Å². The lowest BCUT2D eigenvalue weighted by atomic mass is 10.1. The van der Waals surface area contributed by atoms with Gasteiger partial charge >= 0.3 is 0 Å². The number of carbonyl (C=O) groups excluding carboxylic acids is 1. The number of hydrogen-bond donors (Lipinski definition) is 1. The fourth-order valence-corrected chi connectivity index (χ4v) is 1.81. The molecule has 0 radical (unpaired) electrons. The Morgan fingerprint density at radius 2 is 1.80 bits per heavy atom. The summed E-state index contributed by atoms with van der Waals surface area (Å²) in [6.07, 6.45) is 6.84. The highest BCUT2D eigenvalue weighted by molar-refractivity contribution is 6.06. The van der Waals surface area contributed by atoms with Crippen molar-refractivity contribution >= 4 is 11.9 Å². The van der Waals surface area contributed by atoms with Crippen molar-refractivity contribution in [2.45, 2.75) is 6.92 Å². The minimum atomic E-state index is -0.208. The summed E-state index contributed by atoms with van der Waals surface area (Å²) in [4.78, 5) is 11.9. The number of aromatic hydroxyl groups is 1. The summed E-state index contributed by atoms with van der Waals surface area (Å²) in [5.74, 6) is -0.188. The van der Waals surface area contributed by atoms with E-state index in [-0.39, 0.29) is 11.5 Å². The van der Waals surface area contributed by atoms with Gasteiger partial charge in [-0.15, -0.1) is 0 Å². The van der Waals surface area contributed by atoms with E-state index >= 15 is 0 Å². The summed E-state index contributed by atoms with van der Waals surface area (Å²) < 4.78 is 0.